The Morgan fingerprint density at radius 1 is 1.02 bits per heavy atom. The molecule has 0 aliphatic heterocycles. The molecule has 2 N–H and O–H groups in total. The summed E-state index contributed by atoms with van der Waals surface area (Å²) in [4.78, 5) is 26.4. The van der Waals surface area contributed by atoms with Crippen molar-refractivity contribution in [2.24, 2.45) is 0 Å². The summed E-state index contributed by atoms with van der Waals surface area (Å²) in [6.45, 7) is 3.75. The number of carbonyl (C=O) groups is 2. The maximum absolute atomic E-state index is 14.5. The molecule has 3 aromatic carbocycles. The first-order chi connectivity index (χ1) is 25.0. The standard InChI is InChI=1S/C27H31ClFN3O2.C11H6ClF3N2O2/c1-17-8-10-19(11-9-17)16-27(32(3)4)14-12-20(13-15-27)30-26(33)23-18(2)34-31-25(23)24-21(28)6-5-7-22(24)29;12-6-1-3-7(4-2-6)17-9(11(13,14)15)8(5-16-17)10(18)19/h5-11,20H,12-16H2,1-4H3,(H,30,33);1-5H,(H,18,19). The van der Waals surface area contributed by atoms with E-state index in [1.807, 2.05) is 0 Å². The van der Waals surface area contributed by atoms with Gasteiger partial charge in [0.2, 0.25) is 0 Å². The Morgan fingerprint density at radius 2 is 1.66 bits per heavy atom. The zero-order chi connectivity index (χ0) is 38.7. The zero-order valence-corrected chi connectivity index (χ0v) is 30.8. The number of aromatic nitrogens is 3. The molecule has 9 nitrogen and oxygen atoms in total. The molecule has 1 saturated carbocycles. The number of nitrogens with zero attached hydrogens (tertiary/aromatic N) is 4. The van der Waals surface area contributed by atoms with E-state index < -0.39 is 29.2 Å². The second-order valence-electron chi connectivity index (χ2n) is 13.2. The number of carbonyl (C=O) groups excluding carboxylic acids is 1. The lowest BCUT2D eigenvalue weighted by Gasteiger charge is -2.45. The fraction of sp³-hybridized carbons (Fsp3) is 0.316. The third kappa shape index (κ3) is 8.91. The molecule has 1 amide bonds. The summed E-state index contributed by atoms with van der Waals surface area (Å²) in [6.07, 6.45) is 0.456. The van der Waals surface area contributed by atoms with Crippen molar-refractivity contribution in [1.29, 1.82) is 0 Å². The smallest absolute Gasteiger partial charge is 0.434 e. The molecule has 1 aliphatic rings. The monoisotopic (exact) mass is 773 g/mol. The molecule has 1 aliphatic carbocycles. The number of rotatable bonds is 8. The highest BCUT2D eigenvalue weighted by molar-refractivity contribution is 6.33. The van der Waals surface area contributed by atoms with Gasteiger partial charge >= 0.3 is 12.1 Å². The number of benzene rings is 3. The van der Waals surface area contributed by atoms with Crippen LogP contribution in [-0.2, 0) is 12.6 Å². The first-order valence-corrected chi connectivity index (χ1v) is 17.4. The number of nitrogens with one attached hydrogen (secondary N) is 1. The fourth-order valence-electron chi connectivity index (χ4n) is 6.52. The average molecular weight is 775 g/mol. The Morgan fingerprint density at radius 3 is 2.23 bits per heavy atom. The first kappa shape index (κ1) is 39.5. The van der Waals surface area contributed by atoms with Gasteiger partial charge in [-0.1, -0.05) is 64.3 Å². The Hall–Kier alpha value is -4.72. The summed E-state index contributed by atoms with van der Waals surface area (Å²) in [7, 11) is 4.27. The van der Waals surface area contributed by atoms with Crippen molar-refractivity contribution in [3.05, 3.63) is 122 Å². The first-order valence-electron chi connectivity index (χ1n) is 16.6. The molecule has 2 aromatic heterocycles. The molecule has 0 saturated heterocycles. The number of carboxylic acid groups (broad SMARTS) is 1. The van der Waals surface area contributed by atoms with Gasteiger partial charge in [-0.05, 0) is 102 Å². The number of amides is 1. The third-order valence-electron chi connectivity index (χ3n) is 9.48. The van der Waals surface area contributed by atoms with E-state index in [2.05, 4.69) is 65.8 Å². The minimum atomic E-state index is -4.83. The van der Waals surface area contributed by atoms with E-state index in [9.17, 15) is 27.2 Å². The van der Waals surface area contributed by atoms with Gasteiger partial charge in [0, 0.05) is 16.6 Å². The minimum Gasteiger partial charge on any atom is -0.478 e. The van der Waals surface area contributed by atoms with Gasteiger partial charge < -0.3 is 19.8 Å². The Bertz CT molecular complexity index is 2050. The third-order valence-corrected chi connectivity index (χ3v) is 10.0. The van der Waals surface area contributed by atoms with E-state index in [4.69, 9.17) is 32.8 Å². The second kappa shape index (κ2) is 16.1. The number of halogens is 6. The lowest BCUT2D eigenvalue weighted by molar-refractivity contribution is -0.143. The van der Waals surface area contributed by atoms with Crippen molar-refractivity contribution in [3.8, 4) is 16.9 Å². The van der Waals surface area contributed by atoms with Crippen molar-refractivity contribution >= 4 is 35.1 Å². The SMILES string of the molecule is Cc1ccc(CC2(N(C)C)CCC(NC(=O)c3c(-c4c(F)cccc4Cl)noc3C)CC2)cc1.O=C(O)c1cnn(-c2ccc(Cl)cc2)c1C(F)(F)F. The quantitative estimate of drug-likeness (QED) is 0.151. The maximum atomic E-state index is 14.5. The van der Waals surface area contributed by atoms with E-state index in [0.29, 0.717) is 21.7 Å². The molecule has 0 radical (unpaired) electrons. The molecule has 0 unspecified atom stereocenters. The van der Waals surface area contributed by atoms with Gasteiger partial charge in [-0.15, -0.1) is 0 Å². The van der Waals surface area contributed by atoms with Crippen LogP contribution in [0.15, 0.2) is 77.4 Å². The van der Waals surface area contributed by atoms with Gasteiger partial charge in [0.1, 0.15) is 28.4 Å². The van der Waals surface area contributed by atoms with E-state index in [0.717, 1.165) is 32.1 Å². The average Bonchev–Trinajstić information content (AvgIpc) is 3.72. The number of hydrogen-bond donors (Lipinski definition) is 2. The van der Waals surface area contributed by atoms with Crippen LogP contribution in [0.5, 0.6) is 0 Å². The van der Waals surface area contributed by atoms with Crippen LogP contribution in [0.4, 0.5) is 17.6 Å². The summed E-state index contributed by atoms with van der Waals surface area (Å²) in [5, 5.41) is 19.9. The van der Waals surface area contributed by atoms with Crippen LogP contribution < -0.4 is 5.32 Å². The molecule has 0 spiro atoms. The van der Waals surface area contributed by atoms with Crippen molar-refractivity contribution in [2.75, 3.05) is 14.1 Å². The van der Waals surface area contributed by atoms with E-state index in [-0.39, 0.29) is 45.0 Å². The molecule has 53 heavy (non-hydrogen) atoms. The van der Waals surface area contributed by atoms with Crippen molar-refractivity contribution in [1.82, 2.24) is 25.2 Å². The molecular formula is C38H37Cl2F4N5O4. The van der Waals surface area contributed by atoms with Crippen molar-refractivity contribution in [2.45, 2.75) is 63.7 Å². The van der Waals surface area contributed by atoms with Gasteiger partial charge in [-0.2, -0.15) is 18.3 Å². The number of alkyl halides is 3. The van der Waals surface area contributed by atoms with E-state index >= 15 is 0 Å². The van der Waals surface area contributed by atoms with Crippen LogP contribution in [0, 0.1) is 19.7 Å². The van der Waals surface area contributed by atoms with Crippen molar-refractivity contribution < 1.29 is 36.8 Å². The summed E-state index contributed by atoms with van der Waals surface area (Å²) in [5.41, 5.74) is 0.929. The normalized spacial score (nSPS) is 17.3. The van der Waals surface area contributed by atoms with Crippen LogP contribution in [0.1, 0.15) is 69.0 Å². The topological polar surface area (TPSA) is 113 Å². The van der Waals surface area contributed by atoms with Gasteiger partial charge in [0.25, 0.3) is 5.91 Å². The molecule has 6 rings (SSSR count). The Kier molecular flexibility index (Phi) is 12.0. The number of carboxylic acids is 1. The van der Waals surface area contributed by atoms with Crippen LogP contribution in [0.25, 0.3) is 16.9 Å². The van der Waals surface area contributed by atoms with Gasteiger partial charge in [0.15, 0.2) is 5.69 Å². The fourth-order valence-corrected chi connectivity index (χ4v) is 6.89. The van der Waals surface area contributed by atoms with Gasteiger partial charge in [-0.3, -0.25) is 4.79 Å². The van der Waals surface area contributed by atoms with E-state index in [1.165, 1.54) is 47.5 Å². The molecule has 0 bridgehead atoms. The highest BCUT2D eigenvalue weighted by Gasteiger charge is 2.41. The maximum Gasteiger partial charge on any atom is 0.434 e. The van der Waals surface area contributed by atoms with Crippen LogP contribution in [0.3, 0.4) is 0 Å². The van der Waals surface area contributed by atoms with Crippen LogP contribution in [0.2, 0.25) is 10.0 Å². The van der Waals surface area contributed by atoms with Crippen LogP contribution >= 0.6 is 23.2 Å². The highest BCUT2D eigenvalue weighted by Crippen LogP contribution is 2.37. The minimum absolute atomic E-state index is 0.0248. The lowest BCUT2D eigenvalue weighted by Crippen LogP contribution is -2.52. The molecule has 0 atom stereocenters. The lowest BCUT2D eigenvalue weighted by atomic mass is 9.74. The largest absolute Gasteiger partial charge is 0.478 e. The zero-order valence-electron chi connectivity index (χ0n) is 29.3. The molecular weight excluding hydrogens is 737 g/mol. The molecule has 5 aromatic rings. The van der Waals surface area contributed by atoms with Gasteiger partial charge in [0.05, 0.1) is 22.5 Å². The predicted octanol–water partition coefficient (Wildman–Crippen LogP) is 9.21. The summed E-state index contributed by atoms with van der Waals surface area (Å²) >= 11 is 11.9. The Labute approximate surface area is 313 Å². The molecule has 15 heteroatoms. The number of aromatic carboxylic acids is 1. The van der Waals surface area contributed by atoms with E-state index in [1.54, 1.807) is 13.0 Å². The predicted molar refractivity (Wildman–Crippen MR) is 193 cm³/mol. The van der Waals surface area contributed by atoms with Crippen molar-refractivity contribution in [3.63, 3.8) is 0 Å². The molecule has 2 heterocycles. The van der Waals surface area contributed by atoms with Gasteiger partial charge in [-0.25, -0.2) is 13.9 Å². The van der Waals surface area contributed by atoms with Crippen LogP contribution in [-0.4, -0.2) is 62.5 Å². The summed E-state index contributed by atoms with van der Waals surface area (Å²) < 4.78 is 59.1. The summed E-state index contributed by atoms with van der Waals surface area (Å²) in [5.74, 6) is -2.20. The Balaban J connectivity index is 0.000000241. The number of aryl methyl sites for hydroxylation is 2. The number of likely N-dealkylation sites (N-methyl/N-ethyl adjacent to an activating group) is 1. The molecule has 1 fully saturated rings. The highest BCUT2D eigenvalue weighted by atomic mass is 35.5. The number of hydrogen-bond acceptors (Lipinski definition) is 6. The summed E-state index contributed by atoms with van der Waals surface area (Å²) in [6, 6.07) is 18.5. The molecule has 280 valence electrons. The second-order valence-corrected chi connectivity index (χ2v) is 14.0.